The van der Waals surface area contributed by atoms with Gasteiger partial charge in [0.2, 0.25) is 5.91 Å². The normalized spacial score (nSPS) is 21.6. The van der Waals surface area contributed by atoms with Crippen LogP contribution in [0.4, 0.5) is 0 Å². The average molecular weight is 287 g/mol. The first-order chi connectivity index (χ1) is 10.1. The van der Waals surface area contributed by atoms with Crippen molar-refractivity contribution in [3.05, 3.63) is 41.5 Å². The van der Waals surface area contributed by atoms with E-state index in [4.69, 9.17) is 5.11 Å². The topological polar surface area (TPSA) is 66.4 Å². The molecular formula is C17H21NO3. The van der Waals surface area contributed by atoms with E-state index in [1.807, 2.05) is 24.3 Å². The third kappa shape index (κ3) is 4.45. The number of aryl methyl sites for hydroxylation is 1. The Kier molecular flexibility index (Phi) is 5.14. The number of carbonyl (C=O) groups is 2. The van der Waals surface area contributed by atoms with Gasteiger partial charge in [-0.3, -0.25) is 9.59 Å². The lowest BCUT2D eigenvalue weighted by Gasteiger charge is -2.10. The molecule has 0 radical (unpaired) electrons. The summed E-state index contributed by atoms with van der Waals surface area (Å²) in [7, 11) is 0. The van der Waals surface area contributed by atoms with Gasteiger partial charge in [-0.05, 0) is 42.9 Å². The van der Waals surface area contributed by atoms with Crippen molar-refractivity contribution in [1.82, 2.24) is 5.32 Å². The maximum Gasteiger partial charge on any atom is 0.306 e. The van der Waals surface area contributed by atoms with Gasteiger partial charge in [0.05, 0.1) is 5.92 Å². The molecule has 0 saturated heterocycles. The van der Waals surface area contributed by atoms with Crippen LogP contribution in [0.2, 0.25) is 0 Å². The SMILES string of the molecule is CCc1ccc(/C=C/C(=O)N[C@H]2CC[C@@H](C(=O)O)C2)cc1. The van der Waals surface area contributed by atoms with E-state index in [0.29, 0.717) is 12.8 Å². The molecule has 1 fully saturated rings. The van der Waals surface area contributed by atoms with E-state index in [9.17, 15) is 9.59 Å². The maximum absolute atomic E-state index is 11.8. The lowest BCUT2D eigenvalue weighted by Crippen LogP contribution is -2.31. The highest BCUT2D eigenvalue weighted by atomic mass is 16.4. The molecule has 2 rings (SSSR count). The number of hydrogen-bond acceptors (Lipinski definition) is 2. The third-order valence-electron chi connectivity index (χ3n) is 3.94. The number of rotatable bonds is 5. The second-order valence-corrected chi connectivity index (χ2v) is 5.48. The molecule has 4 nitrogen and oxygen atoms in total. The van der Waals surface area contributed by atoms with E-state index < -0.39 is 5.97 Å². The molecule has 0 heterocycles. The zero-order valence-corrected chi connectivity index (χ0v) is 12.2. The molecule has 1 amide bonds. The summed E-state index contributed by atoms with van der Waals surface area (Å²) in [6.07, 6.45) is 6.19. The smallest absolute Gasteiger partial charge is 0.306 e. The van der Waals surface area contributed by atoms with Crippen LogP contribution >= 0.6 is 0 Å². The van der Waals surface area contributed by atoms with Crippen LogP contribution in [0.1, 0.15) is 37.3 Å². The van der Waals surface area contributed by atoms with Gasteiger partial charge in [-0.2, -0.15) is 0 Å². The summed E-state index contributed by atoms with van der Waals surface area (Å²) in [5, 5.41) is 11.8. The van der Waals surface area contributed by atoms with Gasteiger partial charge < -0.3 is 10.4 Å². The van der Waals surface area contributed by atoms with E-state index in [0.717, 1.165) is 18.4 Å². The molecule has 0 aliphatic heterocycles. The van der Waals surface area contributed by atoms with E-state index >= 15 is 0 Å². The van der Waals surface area contributed by atoms with Crippen LogP contribution in [0.5, 0.6) is 0 Å². The van der Waals surface area contributed by atoms with Gasteiger partial charge in [-0.25, -0.2) is 0 Å². The minimum Gasteiger partial charge on any atom is -0.481 e. The highest BCUT2D eigenvalue weighted by Gasteiger charge is 2.30. The van der Waals surface area contributed by atoms with Crippen molar-refractivity contribution in [1.29, 1.82) is 0 Å². The summed E-state index contributed by atoms with van der Waals surface area (Å²) in [6, 6.07) is 8.04. The van der Waals surface area contributed by atoms with Crippen molar-refractivity contribution < 1.29 is 14.7 Å². The minimum atomic E-state index is -0.765. The Labute approximate surface area is 124 Å². The third-order valence-corrected chi connectivity index (χ3v) is 3.94. The fourth-order valence-electron chi connectivity index (χ4n) is 2.62. The molecule has 112 valence electrons. The van der Waals surface area contributed by atoms with Crippen molar-refractivity contribution in [2.45, 2.75) is 38.6 Å². The lowest BCUT2D eigenvalue weighted by molar-refractivity contribution is -0.141. The molecule has 1 saturated carbocycles. The van der Waals surface area contributed by atoms with Crippen molar-refractivity contribution in [2.24, 2.45) is 5.92 Å². The summed E-state index contributed by atoms with van der Waals surface area (Å²) < 4.78 is 0. The molecule has 1 aliphatic carbocycles. The van der Waals surface area contributed by atoms with Crippen LogP contribution in [0.15, 0.2) is 30.3 Å². The molecule has 4 heteroatoms. The summed E-state index contributed by atoms with van der Waals surface area (Å²) in [4.78, 5) is 22.7. The molecule has 1 aromatic rings. The number of aliphatic carboxylic acids is 1. The van der Waals surface area contributed by atoms with Gasteiger partial charge in [0.15, 0.2) is 0 Å². The molecule has 0 bridgehead atoms. The number of hydrogen-bond donors (Lipinski definition) is 2. The van der Waals surface area contributed by atoms with E-state index in [1.54, 1.807) is 6.08 Å². The molecule has 21 heavy (non-hydrogen) atoms. The second kappa shape index (κ2) is 7.07. The van der Waals surface area contributed by atoms with Gasteiger partial charge >= 0.3 is 5.97 Å². The minimum absolute atomic E-state index is 0.0225. The highest BCUT2D eigenvalue weighted by Crippen LogP contribution is 2.25. The van der Waals surface area contributed by atoms with Crippen LogP contribution in [-0.2, 0) is 16.0 Å². The first-order valence-electron chi connectivity index (χ1n) is 7.38. The molecule has 2 N–H and O–H groups in total. The first kappa shape index (κ1) is 15.3. The summed E-state index contributed by atoms with van der Waals surface area (Å²) >= 11 is 0. The Morgan fingerprint density at radius 3 is 2.57 bits per heavy atom. The number of benzene rings is 1. The van der Waals surface area contributed by atoms with Crippen LogP contribution < -0.4 is 5.32 Å². The van der Waals surface area contributed by atoms with Crippen LogP contribution in [0, 0.1) is 5.92 Å². The van der Waals surface area contributed by atoms with Crippen LogP contribution in [0.3, 0.4) is 0 Å². The molecule has 2 atom stereocenters. The Balaban J connectivity index is 1.84. The van der Waals surface area contributed by atoms with Crippen molar-refractivity contribution >= 4 is 18.0 Å². The Bertz CT molecular complexity index is 533. The molecule has 1 aliphatic rings. The largest absolute Gasteiger partial charge is 0.481 e. The van der Waals surface area contributed by atoms with Gasteiger partial charge in [0.25, 0.3) is 0 Å². The molecule has 1 aromatic carbocycles. The first-order valence-corrected chi connectivity index (χ1v) is 7.38. The molecule has 0 unspecified atom stereocenters. The number of carboxylic acids is 1. The van der Waals surface area contributed by atoms with Gasteiger partial charge in [-0.1, -0.05) is 31.2 Å². The van der Waals surface area contributed by atoms with Gasteiger partial charge in [0.1, 0.15) is 0 Å². The number of carboxylic acid groups (broad SMARTS) is 1. The van der Waals surface area contributed by atoms with Crippen molar-refractivity contribution in [3.63, 3.8) is 0 Å². The van der Waals surface area contributed by atoms with Crippen LogP contribution in [0.25, 0.3) is 6.08 Å². The number of amides is 1. The number of nitrogens with one attached hydrogen (secondary N) is 1. The summed E-state index contributed by atoms with van der Waals surface area (Å²) in [5.41, 5.74) is 2.25. The average Bonchev–Trinajstić information content (AvgIpc) is 2.94. The van der Waals surface area contributed by atoms with E-state index in [2.05, 4.69) is 12.2 Å². The summed E-state index contributed by atoms with van der Waals surface area (Å²) in [5.74, 6) is -1.25. The van der Waals surface area contributed by atoms with Gasteiger partial charge in [0, 0.05) is 12.1 Å². The Morgan fingerprint density at radius 2 is 2.00 bits per heavy atom. The fourth-order valence-corrected chi connectivity index (χ4v) is 2.62. The van der Waals surface area contributed by atoms with Gasteiger partial charge in [-0.15, -0.1) is 0 Å². The predicted molar refractivity (Wildman–Crippen MR) is 81.8 cm³/mol. The lowest BCUT2D eigenvalue weighted by atomic mass is 10.1. The highest BCUT2D eigenvalue weighted by molar-refractivity contribution is 5.92. The molecular weight excluding hydrogens is 266 g/mol. The second-order valence-electron chi connectivity index (χ2n) is 5.48. The standard InChI is InChI=1S/C17H21NO3/c1-2-12-3-5-13(6-4-12)7-10-16(19)18-15-9-8-14(11-15)17(20)21/h3-7,10,14-15H,2,8-9,11H2,1H3,(H,18,19)(H,20,21)/b10-7+/t14-,15+/m1/s1. The maximum atomic E-state index is 11.8. The molecule has 0 spiro atoms. The number of carbonyl (C=O) groups excluding carboxylic acids is 1. The Hall–Kier alpha value is -2.10. The quantitative estimate of drug-likeness (QED) is 0.818. The monoisotopic (exact) mass is 287 g/mol. The zero-order valence-electron chi connectivity index (χ0n) is 12.2. The summed E-state index contributed by atoms with van der Waals surface area (Å²) in [6.45, 7) is 2.10. The van der Waals surface area contributed by atoms with Crippen molar-refractivity contribution in [3.8, 4) is 0 Å². The van der Waals surface area contributed by atoms with Crippen LogP contribution in [-0.4, -0.2) is 23.0 Å². The van der Waals surface area contributed by atoms with E-state index in [1.165, 1.54) is 11.6 Å². The molecule has 0 aromatic heterocycles. The fraction of sp³-hybridized carbons (Fsp3) is 0.412. The van der Waals surface area contributed by atoms with E-state index in [-0.39, 0.29) is 17.9 Å². The predicted octanol–water partition coefficient (Wildman–Crippen LogP) is 2.63. The Morgan fingerprint density at radius 1 is 1.29 bits per heavy atom. The van der Waals surface area contributed by atoms with Crippen molar-refractivity contribution in [2.75, 3.05) is 0 Å². The zero-order chi connectivity index (χ0) is 15.2.